The Balaban J connectivity index is 1.95. The van der Waals surface area contributed by atoms with Crippen LogP contribution in [-0.2, 0) is 4.79 Å². The van der Waals surface area contributed by atoms with Gasteiger partial charge in [-0.3, -0.25) is 9.78 Å². The maximum Gasteiger partial charge on any atom is 0.303 e. The van der Waals surface area contributed by atoms with Gasteiger partial charge in [-0.05, 0) is 6.07 Å². The summed E-state index contributed by atoms with van der Waals surface area (Å²) in [6, 6.07) is 9.86. The first-order chi connectivity index (χ1) is 9.69. The van der Waals surface area contributed by atoms with Gasteiger partial charge in [0.2, 0.25) is 0 Å². The molecule has 0 spiro atoms. The Hall–Kier alpha value is -2.61. The van der Waals surface area contributed by atoms with Gasteiger partial charge in [0.1, 0.15) is 6.07 Å². The second kappa shape index (κ2) is 4.82. The highest BCUT2D eigenvalue weighted by Crippen LogP contribution is 2.34. The van der Waals surface area contributed by atoms with E-state index in [0.29, 0.717) is 18.7 Å². The first-order valence-corrected chi connectivity index (χ1v) is 6.43. The van der Waals surface area contributed by atoms with Gasteiger partial charge in [0.05, 0.1) is 23.2 Å². The number of hydrogen-bond acceptors (Lipinski definition) is 4. The number of aliphatic carboxylic acids is 1. The van der Waals surface area contributed by atoms with Crippen LogP contribution in [0, 0.1) is 17.2 Å². The molecule has 0 bridgehead atoms. The predicted molar refractivity (Wildman–Crippen MR) is 74.4 cm³/mol. The molecule has 5 nitrogen and oxygen atoms in total. The zero-order valence-electron chi connectivity index (χ0n) is 10.8. The predicted octanol–water partition coefficient (Wildman–Crippen LogP) is 2.02. The van der Waals surface area contributed by atoms with Crippen LogP contribution in [-0.4, -0.2) is 29.1 Å². The van der Waals surface area contributed by atoms with E-state index in [1.807, 2.05) is 24.3 Å². The number of hydrogen-bond donors (Lipinski definition) is 1. The van der Waals surface area contributed by atoms with E-state index in [1.165, 1.54) is 0 Å². The lowest BCUT2D eigenvalue weighted by molar-refractivity contribution is -0.138. The first-order valence-electron chi connectivity index (χ1n) is 6.43. The van der Waals surface area contributed by atoms with Gasteiger partial charge in [0.15, 0.2) is 0 Å². The summed E-state index contributed by atoms with van der Waals surface area (Å²) in [5.74, 6) is -0.610. The molecule has 1 aromatic carbocycles. The Labute approximate surface area is 116 Å². The molecule has 0 aliphatic carbocycles. The number of pyridine rings is 1. The molecular formula is C15H13N3O2. The number of para-hydroxylation sites is 1. The molecule has 2 aromatic rings. The van der Waals surface area contributed by atoms with Crippen molar-refractivity contribution in [2.24, 2.45) is 5.92 Å². The third-order valence-electron chi connectivity index (χ3n) is 3.60. The molecule has 0 radical (unpaired) electrons. The molecule has 1 aromatic heterocycles. The normalized spacial score (nSPS) is 14.8. The van der Waals surface area contributed by atoms with E-state index in [1.54, 1.807) is 6.20 Å². The number of fused-ring (bicyclic) bond motifs is 1. The number of anilines is 1. The summed E-state index contributed by atoms with van der Waals surface area (Å²) in [4.78, 5) is 17.0. The Kier molecular flexibility index (Phi) is 2.99. The number of carboxylic acids is 1. The van der Waals surface area contributed by atoms with Crippen molar-refractivity contribution in [2.75, 3.05) is 18.0 Å². The fourth-order valence-corrected chi connectivity index (χ4v) is 2.68. The summed E-state index contributed by atoms with van der Waals surface area (Å²) in [5.41, 5.74) is 2.26. The van der Waals surface area contributed by atoms with Crippen LogP contribution in [0.4, 0.5) is 5.69 Å². The molecule has 5 heteroatoms. The number of carbonyl (C=O) groups is 1. The van der Waals surface area contributed by atoms with E-state index in [4.69, 9.17) is 5.11 Å². The summed E-state index contributed by atoms with van der Waals surface area (Å²) < 4.78 is 0. The van der Waals surface area contributed by atoms with Gasteiger partial charge in [-0.2, -0.15) is 5.26 Å². The average molecular weight is 267 g/mol. The van der Waals surface area contributed by atoms with Crippen molar-refractivity contribution in [2.45, 2.75) is 6.42 Å². The minimum Gasteiger partial charge on any atom is -0.481 e. The van der Waals surface area contributed by atoms with E-state index in [0.717, 1.165) is 16.6 Å². The Morgan fingerprint density at radius 1 is 1.45 bits per heavy atom. The standard InChI is InChI=1S/C15H13N3O2/c16-6-11-7-17-13-4-2-1-3-12(13)15(11)18-8-10(9-18)5-14(19)20/h1-4,7,10H,5,8-9H2,(H,19,20). The zero-order chi connectivity index (χ0) is 14.1. The van der Waals surface area contributed by atoms with Crippen LogP contribution in [0.3, 0.4) is 0 Å². The van der Waals surface area contributed by atoms with Crippen molar-refractivity contribution < 1.29 is 9.90 Å². The molecule has 0 atom stereocenters. The molecule has 0 amide bonds. The van der Waals surface area contributed by atoms with Gasteiger partial charge in [-0.1, -0.05) is 18.2 Å². The van der Waals surface area contributed by atoms with Crippen molar-refractivity contribution in [3.8, 4) is 6.07 Å². The largest absolute Gasteiger partial charge is 0.481 e. The summed E-state index contributed by atoms with van der Waals surface area (Å²) in [6.45, 7) is 1.35. The third-order valence-corrected chi connectivity index (χ3v) is 3.60. The molecule has 1 aliphatic heterocycles. The molecule has 100 valence electrons. The fourth-order valence-electron chi connectivity index (χ4n) is 2.68. The number of nitriles is 1. The molecular weight excluding hydrogens is 254 g/mol. The second-order valence-electron chi connectivity index (χ2n) is 5.02. The summed E-state index contributed by atoms with van der Waals surface area (Å²) >= 11 is 0. The Morgan fingerprint density at radius 3 is 2.90 bits per heavy atom. The van der Waals surface area contributed by atoms with Crippen LogP contribution in [0.2, 0.25) is 0 Å². The van der Waals surface area contributed by atoms with E-state index in [-0.39, 0.29) is 12.3 Å². The number of benzene rings is 1. The van der Waals surface area contributed by atoms with E-state index in [9.17, 15) is 10.1 Å². The summed E-state index contributed by atoms with van der Waals surface area (Å²) in [5, 5.41) is 19.0. The van der Waals surface area contributed by atoms with Gasteiger partial charge in [0.25, 0.3) is 0 Å². The second-order valence-corrected chi connectivity index (χ2v) is 5.02. The minimum absolute atomic E-state index is 0.158. The van der Waals surface area contributed by atoms with Crippen LogP contribution in [0.15, 0.2) is 30.5 Å². The number of aromatic nitrogens is 1. The number of nitrogens with zero attached hydrogens (tertiary/aromatic N) is 3. The highest BCUT2D eigenvalue weighted by molar-refractivity contribution is 5.94. The molecule has 0 unspecified atom stereocenters. The molecule has 1 fully saturated rings. The zero-order valence-corrected chi connectivity index (χ0v) is 10.8. The lowest BCUT2D eigenvalue weighted by Gasteiger charge is -2.41. The van der Waals surface area contributed by atoms with E-state index in [2.05, 4.69) is 16.0 Å². The Morgan fingerprint density at radius 2 is 2.20 bits per heavy atom. The van der Waals surface area contributed by atoms with Crippen LogP contribution < -0.4 is 4.90 Å². The third kappa shape index (κ3) is 2.05. The van der Waals surface area contributed by atoms with Gasteiger partial charge < -0.3 is 10.0 Å². The molecule has 0 saturated carbocycles. The maximum atomic E-state index is 10.7. The summed E-state index contributed by atoms with van der Waals surface area (Å²) in [7, 11) is 0. The van der Waals surface area contributed by atoms with Crippen molar-refractivity contribution in [3.05, 3.63) is 36.0 Å². The van der Waals surface area contributed by atoms with Gasteiger partial charge >= 0.3 is 5.97 Å². The molecule has 3 rings (SSSR count). The van der Waals surface area contributed by atoms with Crippen molar-refractivity contribution in [1.82, 2.24) is 4.98 Å². The van der Waals surface area contributed by atoms with Gasteiger partial charge in [-0.15, -0.1) is 0 Å². The van der Waals surface area contributed by atoms with Crippen LogP contribution >= 0.6 is 0 Å². The van der Waals surface area contributed by atoms with Gasteiger partial charge in [-0.25, -0.2) is 0 Å². The van der Waals surface area contributed by atoms with E-state index >= 15 is 0 Å². The first kappa shape index (κ1) is 12.4. The lowest BCUT2D eigenvalue weighted by atomic mass is 9.94. The van der Waals surface area contributed by atoms with E-state index < -0.39 is 5.97 Å². The van der Waals surface area contributed by atoms with Crippen molar-refractivity contribution in [3.63, 3.8) is 0 Å². The lowest BCUT2D eigenvalue weighted by Crippen LogP contribution is -2.48. The van der Waals surface area contributed by atoms with Crippen molar-refractivity contribution in [1.29, 1.82) is 5.26 Å². The van der Waals surface area contributed by atoms with Crippen LogP contribution in [0.1, 0.15) is 12.0 Å². The molecule has 20 heavy (non-hydrogen) atoms. The van der Waals surface area contributed by atoms with Gasteiger partial charge in [0, 0.05) is 30.6 Å². The smallest absolute Gasteiger partial charge is 0.303 e. The number of rotatable bonds is 3. The van der Waals surface area contributed by atoms with Crippen LogP contribution in [0.25, 0.3) is 10.9 Å². The molecule has 1 aliphatic rings. The molecule has 1 N–H and O–H groups in total. The monoisotopic (exact) mass is 267 g/mol. The Bertz CT molecular complexity index is 715. The molecule has 2 heterocycles. The SMILES string of the molecule is N#Cc1cnc2ccccc2c1N1CC(CC(=O)O)C1. The van der Waals surface area contributed by atoms with Crippen molar-refractivity contribution >= 4 is 22.6 Å². The topological polar surface area (TPSA) is 77.2 Å². The summed E-state index contributed by atoms with van der Waals surface area (Å²) in [6.07, 6.45) is 1.77. The quantitative estimate of drug-likeness (QED) is 0.920. The molecule has 1 saturated heterocycles. The number of carboxylic acid groups (broad SMARTS) is 1. The fraction of sp³-hybridized carbons (Fsp3) is 0.267. The minimum atomic E-state index is -0.769. The average Bonchev–Trinajstić information content (AvgIpc) is 2.41. The highest BCUT2D eigenvalue weighted by atomic mass is 16.4. The highest BCUT2D eigenvalue weighted by Gasteiger charge is 2.31. The van der Waals surface area contributed by atoms with Crippen LogP contribution in [0.5, 0.6) is 0 Å². The maximum absolute atomic E-state index is 10.7.